The van der Waals surface area contributed by atoms with E-state index < -0.39 is 5.97 Å². The SMILES string of the molecule is CC(C)n1ccnc1C(=O)O. The second-order valence-corrected chi connectivity index (χ2v) is 2.56. The number of carboxylic acids is 1. The fourth-order valence-corrected chi connectivity index (χ4v) is 0.895. The van der Waals surface area contributed by atoms with Gasteiger partial charge in [0.2, 0.25) is 5.82 Å². The summed E-state index contributed by atoms with van der Waals surface area (Å²) in [6.45, 7) is 3.82. The van der Waals surface area contributed by atoms with Gasteiger partial charge in [0.25, 0.3) is 0 Å². The van der Waals surface area contributed by atoms with Crippen molar-refractivity contribution in [3.05, 3.63) is 18.2 Å². The molecular formula is C7H10N2O2. The van der Waals surface area contributed by atoms with Gasteiger partial charge < -0.3 is 9.67 Å². The number of imidazole rings is 1. The van der Waals surface area contributed by atoms with Crippen molar-refractivity contribution in [2.45, 2.75) is 19.9 Å². The van der Waals surface area contributed by atoms with Crippen molar-refractivity contribution in [2.24, 2.45) is 0 Å². The maximum absolute atomic E-state index is 10.5. The van der Waals surface area contributed by atoms with Crippen molar-refractivity contribution in [3.8, 4) is 0 Å². The standard InChI is InChI=1S/C7H10N2O2/c1-5(2)9-4-3-8-6(9)7(10)11/h3-5H,1-2H3,(H,10,11). The molecule has 0 aromatic carbocycles. The molecule has 0 aliphatic carbocycles. The van der Waals surface area contributed by atoms with Crippen LogP contribution < -0.4 is 0 Å². The molecule has 11 heavy (non-hydrogen) atoms. The molecule has 0 saturated heterocycles. The Bertz CT molecular complexity index is 265. The maximum Gasteiger partial charge on any atom is 0.372 e. The van der Waals surface area contributed by atoms with Gasteiger partial charge in [0.15, 0.2) is 0 Å². The molecule has 0 amide bonds. The Morgan fingerprint density at radius 1 is 1.73 bits per heavy atom. The summed E-state index contributed by atoms with van der Waals surface area (Å²) in [7, 11) is 0. The summed E-state index contributed by atoms with van der Waals surface area (Å²) in [5.41, 5.74) is 0. The molecule has 4 heteroatoms. The van der Waals surface area contributed by atoms with E-state index in [-0.39, 0.29) is 11.9 Å². The Labute approximate surface area is 64.5 Å². The van der Waals surface area contributed by atoms with Gasteiger partial charge in [0, 0.05) is 18.4 Å². The molecule has 0 fully saturated rings. The van der Waals surface area contributed by atoms with E-state index in [0.717, 1.165) is 0 Å². The Kier molecular flexibility index (Phi) is 1.94. The van der Waals surface area contributed by atoms with Crippen LogP contribution in [0.15, 0.2) is 12.4 Å². The zero-order valence-electron chi connectivity index (χ0n) is 6.48. The molecule has 0 bridgehead atoms. The van der Waals surface area contributed by atoms with E-state index in [2.05, 4.69) is 4.98 Å². The van der Waals surface area contributed by atoms with Gasteiger partial charge in [-0.15, -0.1) is 0 Å². The number of hydrogen-bond donors (Lipinski definition) is 1. The van der Waals surface area contributed by atoms with Crippen molar-refractivity contribution >= 4 is 5.97 Å². The molecule has 0 saturated carbocycles. The third-order valence-corrected chi connectivity index (χ3v) is 1.42. The summed E-state index contributed by atoms with van der Waals surface area (Å²) in [5, 5.41) is 8.62. The smallest absolute Gasteiger partial charge is 0.372 e. The summed E-state index contributed by atoms with van der Waals surface area (Å²) >= 11 is 0. The van der Waals surface area contributed by atoms with Crippen LogP contribution in [0.25, 0.3) is 0 Å². The average Bonchev–Trinajstić information content (AvgIpc) is 2.32. The molecule has 0 aliphatic heterocycles. The number of aromatic carboxylic acids is 1. The predicted octanol–water partition coefficient (Wildman–Crippen LogP) is 1.16. The third-order valence-electron chi connectivity index (χ3n) is 1.42. The first-order chi connectivity index (χ1) is 5.13. The fourth-order valence-electron chi connectivity index (χ4n) is 0.895. The van der Waals surface area contributed by atoms with Gasteiger partial charge in [-0.3, -0.25) is 0 Å². The largest absolute Gasteiger partial charge is 0.475 e. The molecule has 0 radical (unpaired) electrons. The third kappa shape index (κ3) is 1.39. The summed E-state index contributed by atoms with van der Waals surface area (Å²) in [4.78, 5) is 14.2. The van der Waals surface area contributed by atoms with Gasteiger partial charge in [-0.05, 0) is 13.8 Å². The lowest BCUT2D eigenvalue weighted by atomic mass is 10.4. The molecular weight excluding hydrogens is 144 g/mol. The lowest BCUT2D eigenvalue weighted by Crippen LogP contribution is -2.10. The van der Waals surface area contributed by atoms with Gasteiger partial charge in [0.05, 0.1) is 0 Å². The van der Waals surface area contributed by atoms with Gasteiger partial charge in [-0.2, -0.15) is 0 Å². The van der Waals surface area contributed by atoms with E-state index in [4.69, 9.17) is 5.11 Å². The number of hydrogen-bond acceptors (Lipinski definition) is 2. The second-order valence-electron chi connectivity index (χ2n) is 2.56. The highest BCUT2D eigenvalue weighted by molar-refractivity contribution is 5.83. The molecule has 60 valence electrons. The number of rotatable bonds is 2. The molecule has 1 aromatic rings. The topological polar surface area (TPSA) is 55.1 Å². The highest BCUT2D eigenvalue weighted by Gasteiger charge is 2.11. The number of carbonyl (C=O) groups is 1. The molecule has 0 unspecified atom stereocenters. The molecule has 0 atom stereocenters. The normalized spacial score (nSPS) is 10.5. The van der Waals surface area contributed by atoms with Crippen LogP contribution in [0.3, 0.4) is 0 Å². The Balaban J connectivity index is 3.06. The van der Waals surface area contributed by atoms with E-state index >= 15 is 0 Å². The first-order valence-corrected chi connectivity index (χ1v) is 3.39. The van der Waals surface area contributed by atoms with E-state index in [1.807, 2.05) is 13.8 Å². The number of nitrogens with zero attached hydrogens (tertiary/aromatic N) is 2. The Morgan fingerprint density at radius 3 is 2.73 bits per heavy atom. The van der Waals surface area contributed by atoms with Crippen LogP contribution in [0.2, 0.25) is 0 Å². The van der Waals surface area contributed by atoms with Gasteiger partial charge in [-0.1, -0.05) is 0 Å². The number of aromatic nitrogens is 2. The first kappa shape index (κ1) is 7.78. The van der Waals surface area contributed by atoms with Crippen molar-refractivity contribution < 1.29 is 9.90 Å². The van der Waals surface area contributed by atoms with E-state index in [9.17, 15) is 4.79 Å². The minimum atomic E-state index is -0.983. The molecule has 0 spiro atoms. The van der Waals surface area contributed by atoms with Gasteiger partial charge >= 0.3 is 5.97 Å². The minimum Gasteiger partial charge on any atom is -0.475 e. The molecule has 4 nitrogen and oxygen atoms in total. The molecule has 1 rings (SSSR count). The van der Waals surface area contributed by atoms with Crippen LogP contribution in [0.1, 0.15) is 30.5 Å². The van der Waals surface area contributed by atoms with E-state index in [1.54, 1.807) is 10.8 Å². The lowest BCUT2D eigenvalue weighted by Gasteiger charge is -2.07. The van der Waals surface area contributed by atoms with Crippen molar-refractivity contribution in [3.63, 3.8) is 0 Å². The maximum atomic E-state index is 10.5. The Hall–Kier alpha value is -1.32. The van der Waals surface area contributed by atoms with Crippen LogP contribution in [-0.2, 0) is 0 Å². The first-order valence-electron chi connectivity index (χ1n) is 3.39. The van der Waals surface area contributed by atoms with Crippen molar-refractivity contribution in [1.82, 2.24) is 9.55 Å². The minimum absolute atomic E-state index is 0.0972. The van der Waals surface area contributed by atoms with Crippen LogP contribution in [0.5, 0.6) is 0 Å². The average molecular weight is 154 g/mol. The van der Waals surface area contributed by atoms with Crippen molar-refractivity contribution in [1.29, 1.82) is 0 Å². The highest BCUT2D eigenvalue weighted by atomic mass is 16.4. The molecule has 0 aliphatic rings. The van der Waals surface area contributed by atoms with Crippen LogP contribution in [-0.4, -0.2) is 20.6 Å². The zero-order valence-corrected chi connectivity index (χ0v) is 6.48. The predicted molar refractivity (Wildman–Crippen MR) is 39.6 cm³/mol. The summed E-state index contributed by atoms with van der Waals surface area (Å²) in [6, 6.07) is 0.142. The van der Waals surface area contributed by atoms with Gasteiger partial charge in [-0.25, -0.2) is 9.78 Å². The zero-order chi connectivity index (χ0) is 8.43. The summed E-state index contributed by atoms with van der Waals surface area (Å²) in [6.07, 6.45) is 3.15. The quantitative estimate of drug-likeness (QED) is 0.695. The molecule has 1 N–H and O–H groups in total. The summed E-state index contributed by atoms with van der Waals surface area (Å²) in [5.74, 6) is -0.885. The van der Waals surface area contributed by atoms with E-state index in [1.165, 1.54) is 6.20 Å². The van der Waals surface area contributed by atoms with Crippen LogP contribution in [0.4, 0.5) is 0 Å². The monoisotopic (exact) mass is 154 g/mol. The summed E-state index contributed by atoms with van der Waals surface area (Å²) < 4.78 is 1.61. The van der Waals surface area contributed by atoms with Crippen molar-refractivity contribution in [2.75, 3.05) is 0 Å². The number of carboxylic acid groups (broad SMARTS) is 1. The van der Waals surface area contributed by atoms with Crippen LogP contribution >= 0.6 is 0 Å². The van der Waals surface area contributed by atoms with Crippen LogP contribution in [0, 0.1) is 0 Å². The highest BCUT2D eigenvalue weighted by Crippen LogP contribution is 2.06. The Morgan fingerprint density at radius 2 is 2.36 bits per heavy atom. The fraction of sp³-hybridized carbons (Fsp3) is 0.429. The second kappa shape index (κ2) is 2.74. The molecule has 1 heterocycles. The molecule has 1 aromatic heterocycles. The lowest BCUT2D eigenvalue weighted by molar-refractivity contribution is 0.0676. The van der Waals surface area contributed by atoms with Gasteiger partial charge in [0.1, 0.15) is 0 Å². The van der Waals surface area contributed by atoms with E-state index in [0.29, 0.717) is 0 Å².